The molecule has 11 heteroatoms. The molecule has 0 aromatic carbocycles. The van der Waals surface area contributed by atoms with E-state index in [9.17, 15) is 18.0 Å². The summed E-state index contributed by atoms with van der Waals surface area (Å²) in [4.78, 5) is 22.8. The minimum atomic E-state index is -4.73. The molecule has 0 spiro atoms. The van der Waals surface area contributed by atoms with E-state index in [1.807, 2.05) is 6.92 Å². The van der Waals surface area contributed by atoms with Crippen molar-refractivity contribution in [1.29, 1.82) is 0 Å². The van der Waals surface area contributed by atoms with E-state index in [1.165, 1.54) is 4.57 Å². The Morgan fingerprint density at radius 3 is 2.61 bits per heavy atom. The molecular formula is C12H12BrF3N6O. The lowest BCUT2D eigenvalue weighted by atomic mass is 10.2. The molecule has 0 aliphatic heterocycles. The Hall–Kier alpha value is -1.91. The van der Waals surface area contributed by atoms with Crippen LogP contribution in [0.25, 0.3) is 16.8 Å². The van der Waals surface area contributed by atoms with Gasteiger partial charge in [0, 0.05) is 6.54 Å². The van der Waals surface area contributed by atoms with Crippen LogP contribution in [-0.4, -0.2) is 29.1 Å². The lowest BCUT2D eigenvalue weighted by Gasteiger charge is -2.06. The van der Waals surface area contributed by atoms with Crippen molar-refractivity contribution in [2.75, 3.05) is 0 Å². The fourth-order valence-corrected chi connectivity index (χ4v) is 2.71. The van der Waals surface area contributed by atoms with Gasteiger partial charge in [-0.3, -0.25) is 4.57 Å². The first-order valence-electron chi connectivity index (χ1n) is 6.95. The van der Waals surface area contributed by atoms with Crippen LogP contribution in [0.4, 0.5) is 13.2 Å². The maximum Gasteiger partial charge on any atom is 0.453 e. The molecule has 7 nitrogen and oxygen atoms in total. The second-order valence-corrected chi connectivity index (χ2v) is 5.79. The number of halogens is 4. The number of aromatic amines is 1. The molecule has 0 saturated heterocycles. The summed E-state index contributed by atoms with van der Waals surface area (Å²) in [5.74, 6) is -1.35. The van der Waals surface area contributed by atoms with Crippen molar-refractivity contribution in [3.05, 3.63) is 21.0 Å². The zero-order chi connectivity index (χ0) is 16.8. The van der Waals surface area contributed by atoms with Gasteiger partial charge in [0.25, 0.3) is 5.82 Å². The summed E-state index contributed by atoms with van der Waals surface area (Å²) in [6.07, 6.45) is -2.17. The van der Waals surface area contributed by atoms with E-state index in [1.54, 1.807) is 0 Å². The van der Waals surface area contributed by atoms with Crippen LogP contribution in [0.3, 0.4) is 0 Å². The SMILES string of the molecule is CCCCCn1c(=O)n2nc(C(F)(F)F)nc2c2[nH]c(Br)nc21. The monoisotopic (exact) mass is 392 g/mol. The van der Waals surface area contributed by atoms with Gasteiger partial charge in [0.15, 0.2) is 16.0 Å². The Morgan fingerprint density at radius 1 is 1.22 bits per heavy atom. The van der Waals surface area contributed by atoms with E-state index < -0.39 is 17.7 Å². The third-order valence-corrected chi connectivity index (χ3v) is 3.77. The molecule has 0 amide bonds. The summed E-state index contributed by atoms with van der Waals surface area (Å²) in [5, 5.41) is 3.32. The molecule has 0 atom stereocenters. The van der Waals surface area contributed by atoms with E-state index in [4.69, 9.17) is 0 Å². The normalized spacial score (nSPS) is 12.6. The second-order valence-electron chi connectivity index (χ2n) is 5.04. The topological polar surface area (TPSA) is 80.9 Å². The van der Waals surface area contributed by atoms with Crippen LogP contribution in [0, 0.1) is 0 Å². The molecule has 0 unspecified atom stereocenters. The van der Waals surface area contributed by atoms with Gasteiger partial charge in [0.05, 0.1) is 0 Å². The number of hydrogen-bond acceptors (Lipinski definition) is 4. The van der Waals surface area contributed by atoms with Crippen molar-refractivity contribution in [3.63, 3.8) is 0 Å². The average Bonchev–Trinajstić information content (AvgIpc) is 3.05. The predicted molar refractivity (Wildman–Crippen MR) is 79.1 cm³/mol. The molecule has 124 valence electrons. The van der Waals surface area contributed by atoms with Gasteiger partial charge < -0.3 is 4.98 Å². The molecule has 1 N–H and O–H groups in total. The number of alkyl halides is 3. The number of unbranched alkanes of at least 4 members (excludes halogenated alkanes) is 2. The largest absolute Gasteiger partial charge is 0.453 e. The molecular weight excluding hydrogens is 381 g/mol. The third kappa shape index (κ3) is 2.73. The van der Waals surface area contributed by atoms with Gasteiger partial charge in [0.1, 0.15) is 5.52 Å². The molecule has 0 aliphatic rings. The summed E-state index contributed by atoms with van der Waals surface area (Å²) < 4.78 is 40.8. The van der Waals surface area contributed by atoms with Crippen molar-refractivity contribution in [2.24, 2.45) is 0 Å². The number of aromatic nitrogens is 6. The van der Waals surface area contributed by atoms with Crippen LogP contribution in [0.2, 0.25) is 0 Å². The molecule has 23 heavy (non-hydrogen) atoms. The summed E-state index contributed by atoms with van der Waals surface area (Å²) in [6, 6.07) is 0. The van der Waals surface area contributed by atoms with Gasteiger partial charge in [-0.25, -0.2) is 14.8 Å². The van der Waals surface area contributed by atoms with E-state index >= 15 is 0 Å². The van der Waals surface area contributed by atoms with Crippen LogP contribution in [0.5, 0.6) is 0 Å². The van der Waals surface area contributed by atoms with Gasteiger partial charge in [-0.1, -0.05) is 19.8 Å². The van der Waals surface area contributed by atoms with E-state index in [2.05, 4.69) is 36.0 Å². The van der Waals surface area contributed by atoms with Crippen molar-refractivity contribution >= 4 is 32.7 Å². The van der Waals surface area contributed by atoms with Crippen molar-refractivity contribution in [3.8, 4) is 0 Å². The number of aryl methyl sites for hydroxylation is 1. The minimum absolute atomic E-state index is 0.192. The first-order chi connectivity index (χ1) is 10.8. The van der Waals surface area contributed by atoms with Crippen LogP contribution >= 0.6 is 15.9 Å². The first kappa shape index (κ1) is 16.0. The number of hydrogen-bond donors (Lipinski definition) is 1. The molecule has 0 fully saturated rings. The van der Waals surface area contributed by atoms with Crippen molar-refractivity contribution < 1.29 is 13.2 Å². The van der Waals surface area contributed by atoms with E-state index in [0.29, 0.717) is 22.2 Å². The maximum atomic E-state index is 12.8. The fraction of sp³-hybridized carbons (Fsp3) is 0.500. The molecule has 3 rings (SSSR count). The van der Waals surface area contributed by atoms with E-state index in [0.717, 1.165) is 12.8 Å². The molecule has 0 saturated carbocycles. The van der Waals surface area contributed by atoms with Gasteiger partial charge in [-0.05, 0) is 22.4 Å². The first-order valence-corrected chi connectivity index (χ1v) is 7.74. The molecule has 3 aromatic heterocycles. The van der Waals surface area contributed by atoms with Gasteiger partial charge in [-0.15, -0.1) is 5.10 Å². The van der Waals surface area contributed by atoms with Gasteiger partial charge in [0.2, 0.25) is 0 Å². The standard InChI is InChI=1S/C12H12BrF3N6O/c1-2-3-4-5-21-7-6(17-10(13)19-7)8-18-9(12(14,15)16)20-22(8)11(21)23/h2-5H2,1H3,(H,17,19). The molecule has 0 bridgehead atoms. The Morgan fingerprint density at radius 2 is 1.96 bits per heavy atom. The quantitative estimate of drug-likeness (QED) is 0.546. The van der Waals surface area contributed by atoms with E-state index in [-0.39, 0.29) is 16.8 Å². The molecule has 3 heterocycles. The molecule has 0 aliphatic carbocycles. The summed E-state index contributed by atoms with van der Waals surface area (Å²) in [5.41, 5.74) is -0.393. The summed E-state index contributed by atoms with van der Waals surface area (Å²) >= 11 is 3.14. The van der Waals surface area contributed by atoms with Crippen LogP contribution in [0.15, 0.2) is 9.53 Å². The highest BCUT2D eigenvalue weighted by Gasteiger charge is 2.37. The third-order valence-electron chi connectivity index (χ3n) is 3.39. The number of imidazole rings is 1. The minimum Gasteiger partial charge on any atom is -0.328 e. The molecule has 0 radical (unpaired) electrons. The zero-order valence-corrected chi connectivity index (χ0v) is 13.6. The number of H-pyrrole nitrogens is 1. The van der Waals surface area contributed by atoms with Crippen LogP contribution in [0.1, 0.15) is 32.0 Å². The summed E-state index contributed by atoms with van der Waals surface area (Å²) in [7, 11) is 0. The summed E-state index contributed by atoms with van der Waals surface area (Å²) in [6.45, 7) is 2.36. The predicted octanol–water partition coefficient (Wildman–Crippen LogP) is 2.74. The average molecular weight is 393 g/mol. The number of nitrogens with one attached hydrogen (secondary N) is 1. The second kappa shape index (κ2) is 5.62. The van der Waals surface area contributed by atoms with Gasteiger partial charge in [-0.2, -0.15) is 17.7 Å². The molecule has 3 aromatic rings. The number of rotatable bonds is 4. The smallest absolute Gasteiger partial charge is 0.328 e. The Labute approximate surface area is 135 Å². The highest BCUT2D eigenvalue weighted by Crippen LogP contribution is 2.27. The van der Waals surface area contributed by atoms with Crippen LogP contribution in [-0.2, 0) is 12.7 Å². The number of nitrogens with zero attached hydrogens (tertiary/aromatic N) is 5. The highest BCUT2D eigenvalue weighted by atomic mass is 79.9. The zero-order valence-electron chi connectivity index (χ0n) is 12.0. The van der Waals surface area contributed by atoms with Crippen molar-refractivity contribution in [1.82, 2.24) is 29.1 Å². The number of fused-ring (bicyclic) bond motifs is 3. The Kier molecular flexibility index (Phi) is 3.90. The van der Waals surface area contributed by atoms with Gasteiger partial charge >= 0.3 is 11.9 Å². The lowest BCUT2D eigenvalue weighted by molar-refractivity contribution is -0.144. The lowest BCUT2D eigenvalue weighted by Crippen LogP contribution is -2.28. The fourth-order valence-electron chi connectivity index (χ4n) is 2.34. The maximum absolute atomic E-state index is 12.8. The Bertz CT molecular complexity index is 925. The Balaban J connectivity index is 2.29. The highest BCUT2D eigenvalue weighted by molar-refractivity contribution is 9.10. The van der Waals surface area contributed by atoms with Crippen LogP contribution < -0.4 is 5.69 Å². The van der Waals surface area contributed by atoms with Crippen molar-refractivity contribution in [2.45, 2.75) is 38.9 Å².